The molecule has 0 bridgehead atoms. The normalized spacial score (nSPS) is 16.9. The van der Waals surface area contributed by atoms with Crippen LogP contribution in [0.1, 0.15) is 65.9 Å². The summed E-state index contributed by atoms with van der Waals surface area (Å²) in [5, 5.41) is 15.2. The van der Waals surface area contributed by atoms with E-state index in [4.69, 9.17) is 4.74 Å². The molecule has 0 radical (unpaired) electrons. The average Bonchev–Trinajstić information content (AvgIpc) is 2.85. The highest BCUT2D eigenvalue weighted by molar-refractivity contribution is 7.98. The Labute approximate surface area is 230 Å². The van der Waals surface area contributed by atoms with Gasteiger partial charge in [0, 0.05) is 13.1 Å². The summed E-state index contributed by atoms with van der Waals surface area (Å²) in [7, 11) is 0. The topological polar surface area (TPSA) is 125 Å². The van der Waals surface area contributed by atoms with Crippen molar-refractivity contribution in [2.24, 2.45) is 5.92 Å². The van der Waals surface area contributed by atoms with E-state index in [-0.39, 0.29) is 11.8 Å². The van der Waals surface area contributed by atoms with Gasteiger partial charge in [0.25, 0.3) is 0 Å². The van der Waals surface area contributed by atoms with E-state index in [0.29, 0.717) is 44.5 Å². The van der Waals surface area contributed by atoms with Gasteiger partial charge in [0.1, 0.15) is 17.7 Å². The van der Waals surface area contributed by atoms with Crippen LogP contribution in [0.2, 0.25) is 0 Å². The largest absolute Gasteiger partial charge is 0.480 e. The molecule has 9 nitrogen and oxygen atoms in total. The van der Waals surface area contributed by atoms with Crippen molar-refractivity contribution in [3.8, 4) is 0 Å². The number of rotatable bonds is 11. The maximum Gasteiger partial charge on any atom is 0.410 e. The third-order valence-corrected chi connectivity index (χ3v) is 7.23. The molecule has 2 unspecified atom stereocenters. The van der Waals surface area contributed by atoms with E-state index in [1.807, 2.05) is 71.2 Å². The van der Waals surface area contributed by atoms with Crippen LogP contribution in [-0.4, -0.2) is 76.7 Å². The summed E-state index contributed by atoms with van der Waals surface area (Å²) in [6, 6.07) is 7.48. The van der Waals surface area contributed by atoms with Gasteiger partial charge in [-0.3, -0.25) is 9.59 Å². The minimum absolute atomic E-state index is 0.0854. The number of carboxylic acid groups (broad SMARTS) is 1. The molecule has 10 heteroatoms. The maximum absolute atomic E-state index is 14.0. The molecule has 2 rings (SSSR count). The molecule has 1 aromatic rings. The lowest BCUT2D eigenvalue weighted by molar-refractivity contribution is -0.142. The number of nitrogens with one attached hydrogen (secondary N) is 2. The minimum Gasteiger partial charge on any atom is -0.480 e. The Hall–Kier alpha value is -2.75. The second-order valence-corrected chi connectivity index (χ2v) is 12.2. The molecule has 0 aromatic heterocycles. The molecule has 3 amide bonds. The van der Waals surface area contributed by atoms with Crippen molar-refractivity contribution in [1.82, 2.24) is 15.5 Å². The number of hydrogen-bond acceptors (Lipinski definition) is 6. The highest BCUT2D eigenvalue weighted by atomic mass is 32.2. The zero-order valence-corrected chi connectivity index (χ0v) is 24.2. The van der Waals surface area contributed by atoms with Crippen molar-refractivity contribution < 1.29 is 29.0 Å². The summed E-state index contributed by atoms with van der Waals surface area (Å²) < 4.78 is 5.52. The number of carbonyl (C=O) groups is 4. The van der Waals surface area contributed by atoms with Crippen LogP contribution in [0, 0.1) is 5.92 Å². The van der Waals surface area contributed by atoms with Gasteiger partial charge in [0.15, 0.2) is 0 Å². The Kier molecular flexibility index (Phi) is 11.5. The first kappa shape index (κ1) is 31.5. The summed E-state index contributed by atoms with van der Waals surface area (Å²) in [4.78, 5) is 53.2. The van der Waals surface area contributed by atoms with E-state index >= 15 is 0 Å². The molecule has 0 aliphatic carbocycles. The number of hydrogen-bond donors (Lipinski definition) is 3. The summed E-state index contributed by atoms with van der Waals surface area (Å²) in [5.41, 5.74) is -0.752. The first-order chi connectivity index (χ1) is 17.8. The number of piperidine rings is 1. The van der Waals surface area contributed by atoms with Gasteiger partial charge in [-0.1, -0.05) is 44.2 Å². The Balaban J connectivity index is 2.27. The van der Waals surface area contributed by atoms with Crippen LogP contribution in [0.5, 0.6) is 0 Å². The second-order valence-electron chi connectivity index (χ2n) is 11.3. The third kappa shape index (κ3) is 8.92. The minimum atomic E-state index is -1.10. The van der Waals surface area contributed by atoms with Crippen molar-refractivity contribution in [1.29, 1.82) is 0 Å². The van der Waals surface area contributed by atoms with Crippen molar-refractivity contribution in [3.05, 3.63) is 35.9 Å². The van der Waals surface area contributed by atoms with E-state index in [2.05, 4.69) is 10.6 Å². The summed E-state index contributed by atoms with van der Waals surface area (Å²) in [6.45, 7) is 9.98. The molecule has 1 aliphatic rings. The Bertz CT molecular complexity index is 955. The number of carboxylic acids is 1. The number of aliphatic carboxylic acids is 1. The quantitative estimate of drug-likeness (QED) is 0.383. The molecular weight excluding hydrogens is 506 g/mol. The smallest absolute Gasteiger partial charge is 0.410 e. The van der Waals surface area contributed by atoms with Crippen molar-refractivity contribution in [2.75, 3.05) is 25.1 Å². The standard InChI is InChI=1S/C28H43N3O6S/c1-19(2)18-22(23(32)29-21(24(33)34)12-17-38-6)30-25(35)28(20-10-8-7-9-11-20)13-15-31(16-14-28)26(36)37-27(3,4)5/h7-11,19,21-22H,12-18H2,1-6H3,(H,29,32)(H,30,35)(H,33,34). The Morgan fingerprint density at radius 3 is 2.16 bits per heavy atom. The SMILES string of the molecule is CSCCC(NC(=O)C(CC(C)C)NC(=O)C1(c2ccccc2)CCN(C(=O)OC(C)(C)C)CC1)C(=O)O. The van der Waals surface area contributed by atoms with E-state index in [9.17, 15) is 24.3 Å². The van der Waals surface area contributed by atoms with Gasteiger partial charge in [0.05, 0.1) is 5.41 Å². The van der Waals surface area contributed by atoms with Crippen LogP contribution in [-0.2, 0) is 24.5 Å². The number of amides is 3. The fourth-order valence-electron chi connectivity index (χ4n) is 4.57. The fourth-order valence-corrected chi connectivity index (χ4v) is 5.04. The monoisotopic (exact) mass is 549 g/mol. The number of likely N-dealkylation sites (tertiary alicyclic amines) is 1. The van der Waals surface area contributed by atoms with Crippen molar-refractivity contribution in [3.63, 3.8) is 0 Å². The Morgan fingerprint density at radius 2 is 1.66 bits per heavy atom. The first-order valence-electron chi connectivity index (χ1n) is 13.2. The molecule has 1 heterocycles. The van der Waals surface area contributed by atoms with Crippen molar-refractivity contribution in [2.45, 2.75) is 83.4 Å². The molecule has 1 saturated heterocycles. The van der Waals surface area contributed by atoms with Gasteiger partial charge in [-0.25, -0.2) is 9.59 Å². The molecule has 212 valence electrons. The lowest BCUT2D eigenvalue weighted by Gasteiger charge is -2.42. The Morgan fingerprint density at radius 1 is 1.05 bits per heavy atom. The van der Waals surface area contributed by atoms with Crippen molar-refractivity contribution >= 4 is 35.6 Å². The van der Waals surface area contributed by atoms with E-state index < -0.39 is 41.1 Å². The van der Waals surface area contributed by atoms with Gasteiger partial charge in [-0.05, 0) is 69.9 Å². The first-order valence-corrected chi connectivity index (χ1v) is 14.5. The van der Waals surface area contributed by atoms with Crippen LogP contribution >= 0.6 is 11.8 Å². The molecule has 38 heavy (non-hydrogen) atoms. The van der Waals surface area contributed by atoms with E-state index in [0.717, 1.165) is 5.56 Å². The van der Waals surface area contributed by atoms with Crippen LogP contribution in [0.25, 0.3) is 0 Å². The number of nitrogens with zero attached hydrogens (tertiary/aromatic N) is 1. The van der Waals surface area contributed by atoms with Gasteiger partial charge >= 0.3 is 12.1 Å². The molecule has 3 N–H and O–H groups in total. The highest BCUT2D eigenvalue weighted by Crippen LogP contribution is 2.36. The fraction of sp³-hybridized carbons (Fsp3) is 0.643. The average molecular weight is 550 g/mol. The number of carbonyl (C=O) groups excluding carboxylic acids is 3. The number of ether oxygens (including phenoxy) is 1. The molecule has 0 spiro atoms. The molecule has 2 atom stereocenters. The van der Waals surface area contributed by atoms with Crippen LogP contribution < -0.4 is 10.6 Å². The van der Waals surface area contributed by atoms with Crippen LogP contribution in [0.4, 0.5) is 4.79 Å². The molecule has 0 saturated carbocycles. The van der Waals surface area contributed by atoms with Crippen LogP contribution in [0.3, 0.4) is 0 Å². The number of benzene rings is 1. The van der Waals surface area contributed by atoms with Gasteiger partial charge in [-0.2, -0.15) is 11.8 Å². The summed E-state index contributed by atoms with van der Waals surface area (Å²) in [5.74, 6) is -1.23. The lowest BCUT2D eigenvalue weighted by Crippen LogP contribution is -2.58. The molecule has 1 fully saturated rings. The second kappa shape index (κ2) is 13.9. The molecule has 1 aliphatic heterocycles. The third-order valence-electron chi connectivity index (χ3n) is 6.58. The highest BCUT2D eigenvalue weighted by Gasteiger charge is 2.45. The zero-order valence-electron chi connectivity index (χ0n) is 23.4. The summed E-state index contributed by atoms with van der Waals surface area (Å²) in [6.07, 6.45) is 2.84. The van der Waals surface area contributed by atoms with E-state index in [1.54, 1.807) is 4.90 Å². The predicted molar refractivity (Wildman–Crippen MR) is 149 cm³/mol. The predicted octanol–water partition coefficient (Wildman–Crippen LogP) is 3.81. The van der Waals surface area contributed by atoms with E-state index in [1.165, 1.54) is 11.8 Å². The molecule has 1 aromatic carbocycles. The summed E-state index contributed by atoms with van der Waals surface area (Å²) >= 11 is 1.50. The molecular formula is C28H43N3O6S. The van der Waals surface area contributed by atoms with Crippen LogP contribution in [0.15, 0.2) is 30.3 Å². The van der Waals surface area contributed by atoms with Gasteiger partial charge in [-0.15, -0.1) is 0 Å². The zero-order chi connectivity index (χ0) is 28.5. The maximum atomic E-state index is 14.0. The van der Waals surface area contributed by atoms with Gasteiger partial charge in [0.2, 0.25) is 11.8 Å². The number of thioether (sulfide) groups is 1. The van der Waals surface area contributed by atoms with Gasteiger partial charge < -0.3 is 25.4 Å². The lowest BCUT2D eigenvalue weighted by atomic mass is 9.71.